The molecule has 0 bridgehead atoms. The molecule has 0 atom stereocenters. The van der Waals surface area contributed by atoms with E-state index in [1.807, 2.05) is 0 Å². The molecule has 0 fully saturated rings. The molecule has 60 heavy (non-hydrogen) atoms. The van der Waals surface area contributed by atoms with Crippen molar-refractivity contribution in [2.75, 3.05) is 4.90 Å². The summed E-state index contributed by atoms with van der Waals surface area (Å²) < 4.78 is 7.06. The Bertz CT molecular complexity index is 3200. The van der Waals surface area contributed by atoms with Gasteiger partial charge in [0.15, 0.2) is 0 Å². The molecule has 1 heterocycles. The van der Waals surface area contributed by atoms with Crippen LogP contribution in [0.3, 0.4) is 0 Å². The van der Waals surface area contributed by atoms with E-state index in [1.165, 1.54) is 27.6 Å². The van der Waals surface area contributed by atoms with Gasteiger partial charge in [0.2, 0.25) is 0 Å². The number of hydrogen-bond acceptors (Lipinski definition) is 2. The highest BCUT2D eigenvalue weighted by molar-refractivity contribution is 6.26. The smallest absolute Gasteiger partial charge is 0.143 e. The Morgan fingerprint density at radius 1 is 0.300 bits per heavy atom. The Labute approximate surface area is 349 Å². The van der Waals surface area contributed by atoms with Gasteiger partial charge in [0.1, 0.15) is 11.2 Å². The zero-order valence-electron chi connectivity index (χ0n) is 32.9. The highest BCUT2D eigenvalue weighted by Gasteiger charge is 2.24. The fourth-order valence-electron chi connectivity index (χ4n) is 8.72. The van der Waals surface area contributed by atoms with E-state index >= 15 is 0 Å². The zero-order chi connectivity index (χ0) is 39.8. The van der Waals surface area contributed by atoms with Crippen molar-refractivity contribution in [1.82, 2.24) is 0 Å². The summed E-state index contributed by atoms with van der Waals surface area (Å²) in [6.07, 6.45) is 0. The topological polar surface area (TPSA) is 16.4 Å². The third kappa shape index (κ3) is 6.41. The van der Waals surface area contributed by atoms with Crippen molar-refractivity contribution in [3.63, 3.8) is 0 Å². The van der Waals surface area contributed by atoms with Crippen LogP contribution in [0.4, 0.5) is 17.1 Å². The monoisotopic (exact) mass is 765 g/mol. The lowest BCUT2D eigenvalue weighted by atomic mass is 9.94. The standard InChI is InChI=1S/C58H39NO/c1-5-16-40(17-6-1)44-28-30-46(31-29-44)53-39-47-24-13-14-25-52(47)56-57-54(26-15-27-55(57)60-58(53)56)59(50-34-32-45(33-35-50)41-18-7-2-8-19-41)51-37-48(42-20-9-3-10-21-42)36-49(38-51)43-22-11-4-12-23-43/h1-39H. The van der Waals surface area contributed by atoms with E-state index in [-0.39, 0.29) is 0 Å². The Morgan fingerprint density at radius 3 is 1.33 bits per heavy atom. The Hall–Kier alpha value is -7.94. The highest BCUT2D eigenvalue weighted by atomic mass is 16.3. The van der Waals surface area contributed by atoms with E-state index in [9.17, 15) is 0 Å². The maximum absolute atomic E-state index is 7.06. The van der Waals surface area contributed by atoms with E-state index in [0.29, 0.717) is 0 Å². The van der Waals surface area contributed by atoms with Crippen LogP contribution < -0.4 is 4.90 Å². The Balaban J connectivity index is 1.17. The van der Waals surface area contributed by atoms with Crippen molar-refractivity contribution in [2.45, 2.75) is 0 Å². The van der Waals surface area contributed by atoms with E-state index in [1.54, 1.807) is 0 Å². The van der Waals surface area contributed by atoms with Crippen molar-refractivity contribution in [2.24, 2.45) is 0 Å². The molecule has 1 aromatic heterocycles. The van der Waals surface area contributed by atoms with E-state index in [2.05, 4.69) is 241 Å². The fourth-order valence-corrected chi connectivity index (χ4v) is 8.72. The van der Waals surface area contributed by atoms with Crippen LogP contribution in [0.25, 0.3) is 88.3 Å². The normalized spacial score (nSPS) is 11.3. The van der Waals surface area contributed by atoms with Gasteiger partial charge in [0.05, 0.1) is 11.1 Å². The molecule has 2 heteroatoms. The maximum Gasteiger partial charge on any atom is 0.143 e. The molecule has 11 aromatic rings. The molecule has 0 spiro atoms. The quantitative estimate of drug-likeness (QED) is 0.153. The van der Waals surface area contributed by atoms with Crippen LogP contribution in [0, 0.1) is 0 Å². The first-order chi connectivity index (χ1) is 29.7. The average molecular weight is 766 g/mol. The molecule has 11 rings (SSSR count). The van der Waals surface area contributed by atoms with Gasteiger partial charge >= 0.3 is 0 Å². The number of nitrogens with zero attached hydrogens (tertiary/aromatic N) is 1. The Kier molecular flexibility index (Phi) is 8.87. The summed E-state index contributed by atoms with van der Waals surface area (Å²) in [6.45, 7) is 0. The molecule has 10 aromatic carbocycles. The molecule has 0 aliphatic heterocycles. The average Bonchev–Trinajstić information content (AvgIpc) is 3.74. The minimum atomic E-state index is 0.842. The van der Waals surface area contributed by atoms with Gasteiger partial charge in [0.25, 0.3) is 0 Å². The number of fused-ring (bicyclic) bond motifs is 5. The van der Waals surface area contributed by atoms with Crippen LogP contribution in [0.5, 0.6) is 0 Å². The molecular formula is C58H39NO. The van der Waals surface area contributed by atoms with Gasteiger partial charge in [-0.25, -0.2) is 0 Å². The molecular weight excluding hydrogens is 727 g/mol. The predicted molar refractivity (Wildman–Crippen MR) is 253 cm³/mol. The van der Waals surface area contributed by atoms with Gasteiger partial charge in [-0.15, -0.1) is 0 Å². The number of benzene rings is 10. The van der Waals surface area contributed by atoms with Crippen LogP contribution in [-0.4, -0.2) is 0 Å². The summed E-state index contributed by atoms with van der Waals surface area (Å²) in [5, 5.41) is 4.51. The zero-order valence-corrected chi connectivity index (χ0v) is 32.9. The molecule has 282 valence electrons. The van der Waals surface area contributed by atoms with Gasteiger partial charge < -0.3 is 9.32 Å². The summed E-state index contributed by atoms with van der Waals surface area (Å²) >= 11 is 0. The Morgan fingerprint density at radius 2 is 0.767 bits per heavy atom. The molecule has 2 nitrogen and oxygen atoms in total. The molecule has 0 aliphatic carbocycles. The van der Waals surface area contributed by atoms with Crippen molar-refractivity contribution in [3.8, 4) is 55.6 Å². The third-order valence-electron chi connectivity index (χ3n) is 11.6. The van der Waals surface area contributed by atoms with Crippen LogP contribution in [-0.2, 0) is 0 Å². The second-order valence-corrected chi connectivity index (χ2v) is 15.3. The van der Waals surface area contributed by atoms with Crippen molar-refractivity contribution in [3.05, 3.63) is 237 Å². The van der Waals surface area contributed by atoms with Crippen LogP contribution in [0.2, 0.25) is 0 Å². The SMILES string of the molecule is c1ccc(-c2ccc(-c3cc4ccccc4c4c3oc3cccc(N(c5ccc(-c6ccccc6)cc5)c5cc(-c6ccccc6)cc(-c6ccccc6)c5)c34)cc2)cc1. The predicted octanol–water partition coefficient (Wildman–Crippen LogP) is 16.5. The summed E-state index contributed by atoms with van der Waals surface area (Å²) in [6, 6.07) is 84.8. The van der Waals surface area contributed by atoms with Gasteiger partial charge in [-0.2, -0.15) is 0 Å². The minimum Gasteiger partial charge on any atom is -0.455 e. The van der Waals surface area contributed by atoms with Crippen LogP contribution in [0.1, 0.15) is 0 Å². The van der Waals surface area contributed by atoms with Crippen molar-refractivity contribution in [1.29, 1.82) is 0 Å². The molecule has 0 aliphatic rings. The summed E-state index contributed by atoms with van der Waals surface area (Å²) in [5.41, 5.74) is 16.4. The van der Waals surface area contributed by atoms with Gasteiger partial charge in [-0.3, -0.25) is 0 Å². The molecule has 0 amide bonds. The number of anilines is 3. The van der Waals surface area contributed by atoms with Gasteiger partial charge in [-0.05, 0) is 109 Å². The lowest BCUT2D eigenvalue weighted by Crippen LogP contribution is -2.11. The number of hydrogen-bond donors (Lipinski definition) is 0. The third-order valence-corrected chi connectivity index (χ3v) is 11.6. The lowest BCUT2D eigenvalue weighted by Gasteiger charge is -2.28. The molecule has 0 saturated carbocycles. The number of rotatable bonds is 8. The molecule has 0 unspecified atom stereocenters. The van der Waals surface area contributed by atoms with Crippen molar-refractivity contribution < 1.29 is 4.42 Å². The largest absolute Gasteiger partial charge is 0.455 e. The highest BCUT2D eigenvalue weighted by Crippen LogP contribution is 2.48. The second-order valence-electron chi connectivity index (χ2n) is 15.3. The van der Waals surface area contributed by atoms with Gasteiger partial charge in [-0.1, -0.05) is 188 Å². The molecule has 0 radical (unpaired) electrons. The second kappa shape index (κ2) is 15.1. The minimum absolute atomic E-state index is 0.842. The van der Waals surface area contributed by atoms with E-state index in [0.717, 1.165) is 77.8 Å². The molecule has 0 saturated heterocycles. The van der Waals surface area contributed by atoms with E-state index in [4.69, 9.17) is 4.42 Å². The van der Waals surface area contributed by atoms with Crippen LogP contribution in [0.15, 0.2) is 241 Å². The first-order valence-electron chi connectivity index (χ1n) is 20.5. The fraction of sp³-hybridized carbons (Fsp3) is 0. The van der Waals surface area contributed by atoms with E-state index < -0.39 is 0 Å². The van der Waals surface area contributed by atoms with Crippen LogP contribution >= 0.6 is 0 Å². The first-order valence-corrected chi connectivity index (χ1v) is 20.5. The van der Waals surface area contributed by atoms with Crippen molar-refractivity contribution >= 4 is 49.8 Å². The lowest BCUT2D eigenvalue weighted by molar-refractivity contribution is 0.670. The van der Waals surface area contributed by atoms with Gasteiger partial charge in [0, 0.05) is 22.3 Å². The first kappa shape index (κ1) is 35.2. The maximum atomic E-state index is 7.06. The summed E-state index contributed by atoms with van der Waals surface area (Å²) in [7, 11) is 0. The molecule has 0 N–H and O–H groups in total. The summed E-state index contributed by atoms with van der Waals surface area (Å²) in [4.78, 5) is 2.42. The summed E-state index contributed by atoms with van der Waals surface area (Å²) in [5.74, 6) is 0. The number of furan rings is 1.